The van der Waals surface area contributed by atoms with Gasteiger partial charge >= 0.3 is 0 Å². The molecule has 1 atom stereocenters. The summed E-state index contributed by atoms with van der Waals surface area (Å²) in [5.41, 5.74) is 0.0353. The highest BCUT2D eigenvalue weighted by molar-refractivity contribution is 6.01. The van der Waals surface area contributed by atoms with Gasteiger partial charge in [-0.15, -0.1) is 10.2 Å². The van der Waals surface area contributed by atoms with E-state index in [9.17, 15) is 18.4 Å². The van der Waals surface area contributed by atoms with Crippen LogP contribution in [-0.4, -0.2) is 37.6 Å². The molecule has 9 nitrogen and oxygen atoms in total. The Hall–Kier alpha value is -4.41. The Morgan fingerprint density at radius 2 is 1.78 bits per heavy atom. The van der Waals surface area contributed by atoms with Crippen LogP contribution in [-0.2, 0) is 16.1 Å². The van der Waals surface area contributed by atoms with Crippen molar-refractivity contribution in [1.29, 1.82) is 0 Å². The summed E-state index contributed by atoms with van der Waals surface area (Å²) in [6.45, 7) is 6.72. The van der Waals surface area contributed by atoms with E-state index in [1.54, 1.807) is 39.8 Å². The number of halogens is 2. The molecule has 11 heteroatoms. The van der Waals surface area contributed by atoms with Gasteiger partial charge in [-0.05, 0) is 87.5 Å². The number of amides is 2. The predicted molar refractivity (Wildman–Crippen MR) is 131 cm³/mol. The zero-order valence-corrected chi connectivity index (χ0v) is 20.8. The van der Waals surface area contributed by atoms with E-state index < -0.39 is 41.6 Å². The number of aromatic nitrogens is 4. The Kier molecular flexibility index (Phi) is 7.14. The fourth-order valence-corrected chi connectivity index (χ4v) is 3.70. The first-order valence-electron chi connectivity index (χ1n) is 11.5. The van der Waals surface area contributed by atoms with Crippen molar-refractivity contribution in [2.24, 2.45) is 0 Å². The van der Waals surface area contributed by atoms with Gasteiger partial charge in [0.1, 0.15) is 29.7 Å². The second-order valence-corrected chi connectivity index (χ2v) is 9.48. The molecule has 2 heterocycles. The molecule has 0 unspecified atom stereocenters. The van der Waals surface area contributed by atoms with Crippen molar-refractivity contribution in [3.05, 3.63) is 83.8 Å². The maximum absolute atomic E-state index is 14.3. The van der Waals surface area contributed by atoms with E-state index in [1.807, 2.05) is 0 Å². The van der Waals surface area contributed by atoms with Gasteiger partial charge in [0, 0.05) is 16.8 Å². The molecule has 1 N–H and O–H groups in total. The van der Waals surface area contributed by atoms with Crippen LogP contribution in [0.4, 0.5) is 14.5 Å². The van der Waals surface area contributed by atoms with Crippen LogP contribution in [0.1, 0.15) is 38.3 Å². The largest absolute Gasteiger partial charge is 0.464 e. The molecular weight excluding hydrogens is 482 g/mol. The Labute approximate surface area is 212 Å². The first kappa shape index (κ1) is 25.7. The highest BCUT2D eigenvalue weighted by atomic mass is 19.1. The maximum atomic E-state index is 14.3. The highest BCUT2D eigenvalue weighted by Gasteiger charge is 2.37. The van der Waals surface area contributed by atoms with Crippen molar-refractivity contribution in [3.8, 4) is 11.4 Å². The van der Waals surface area contributed by atoms with Gasteiger partial charge in [-0.25, -0.2) is 8.78 Å². The lowest BCUT2D eigenvalue weighted by molar-refractivity contribution is -0.128. The van der Waals surface area contributed by atoms with Crippen molar-refractivity contribution in [3.63, 3.8) is 0 Å². The average Bonchev–Trinajstić information content (AvgIpc) is 3.45. The number of aryl methyl sites for hydroxylation is 1. The van der Waals surface area contributed by atoms with E-state index in [2.05, 4.69) is 20.7 Å². The van der Waals surface area contributed by atoms with E-state index in [0.29, 0.717) is 11.3 Å². The second-order valence-electron chi connectivity index (χ2n) is 9.48. The van der Waals surface area contributed by atoms with Gasteiger partial charge in [-0.3, -0.25) is 14.5 Å². The lowest BCUT2D eigenvalue weighted by atomic mass is 10.1. The molecule has 37 heavy (non-hydrogen) atoms. The Morgan fingerprint density at radius 3 is 2.41 bits per heavy atom. The summed E-state index contributed by atoms with van der Waals surface area (Å²) in [5.74, 6) is -1.20. The summed E-state index contributed by atoms with van der Waals surface area (Å²) in [5, 5.41) is 14.9. The monoisotopic (exact) mass is 508 g/mol. The SMILES string of the molecule is Cc1ccc([C@@H](C(=O)NC(C)(C)C)N(C(=O)Cn2nnc(-c3ccc(F)cc3)n2)c2cccc(F)c2)o1. The first-order valence-corrected chi connectivity index (χ1v) is 11.5. The average molecular weight is 509 g/mol. The maximum Gasteiger partial charge on any atom is 0.251 e. The fraction of sp³-hybridized carbons (Fsp3) is 0.269. The zero-order valence-electron chi connectivity index (χ0n) is 20.8. The number of carbonyl (C=O) groups is 2. The van der Waals surface area contributed by atoms with Crippen LogP contribution in [0.15, 0.2) is 65.1 Å². The molecule has 0 fully saturated rings. The van der Waals surface area contributed by atoms with Crippen LogP contribution in [0, 0.1) is 18.6 Å². The topological polar surface area (TPSA) is 106 Å². The van der Waals surface area contributed by atoms with Crippen LogP contribution in [0.2, 0.25) is 0 Å². The molecule has 4 rings (SSSR count). The molecule has 0 bridgehead atoms. The smallest absolute Gasteiger partial charge is 0.251 e. The normalized spacial score (nSPS) is 12.3. The number of tetrazole rings is 1. The van der Waals surface area contributed by atoms with Crippen molar-refractivity contribution in [2.75, 3.05) is 4.90 Å². The number of hydrogen-bond donors (Lipinski definition) is 1. The summed E-state index contributed by atoms with van der Waals surface area (Å²) in [6.07, 6.45) is 0. The standard InChI is InChI=1S/C26H26F2N6O3/c1-16-8-13-21(37-16)23(25(36)29-26(2,3)4)34(20-7-5-6-19(28)14-20)22(35)15-33-31-24(30-32-33)17-9-11-18(27)12-10-17/h5-14,23H,15H2,1-4H3,(H,29,36)/t23-/m0/s1. The molecule has 0 radical (unpaired) electrons. The number of anilines is 1. The van der Waals surface area contributed by atoms with Gasteiger partial charge in [0.25, 0.3) is 11.8 Å². The van der Waals surface area contributed by atoms with E-state index in [4.69, 9.17) is 4.42 Å². The van der Waals surface area contributed by atoms with Crippen LogP contribution >= 0.6 is 0 Å². The molecule has 2 aromatic heterocycles. The van der Waals surface area contributed by atoms with Gasteiger partial charge in [-0.1, -0.05) is 6.07 Å². The predicted octanol–water partition coefficient (Wildman–Crippen LogP) is 4.21. The third kappa shape index (κ3) is 6.24. The highest BCUT2D eigenvalue weighted by Crippen LogP contribution is 2.30. The lowest BCUT2D eigenvalue weighted by Gasteiger charge is -2.32. The lowest BCUT2D eigenvalue weighted by Crippen LogP contribution is -2.50. The molecule has 0 aliphatic heterocycles. The molecule has 192 valence electrons. The number of nitrogens with one attached hydrogen (secondary N) is 1. The molecule has 0 aliphatic carbocycles. The third-order valence-corrected chi connectivity index (χ3v) is 5.22. The van der Waals surface area contributed by atoms with Crippen LogP contribution in [0.25, 0.3) is 11.4 Å². The summed E-state index contributed by atoms with van der Waals surface area (Å²) < 4.78 is 33.3. The number of hydrogen-bond acceptors (Lipinski definition) is 6. The molecule has 0 aliphatic rings. The minimum absolute atomic E-state index is 0.145. The van der Waals surface area contributed by atoms with Crippen LogP contribution in [0.5, 0.6) is 0 Å². The Bertz CT molecular complexity index is 1410. The molecule has 4 aromatic rings. The van der Waals surface area contributed by atoms with Crippen LogP contribution in [0.3, 0.4) is 0 Å². The Balaban J connectivity index is 1.72. The summed E-state index contributed by atoms with van der Waals surface area (Å²) >= 11 is 0. The zero-order chi connectivity index (χ0) is 26.7. The van der Waals surface area contributed by atoms with E-state index >= 15 is 0 Å². The summed E-state index contributed by atoms with van der Waals surface area (Å²) in [6, 6.07) is 12.9. The minimum Gasteiger partial charge on any atom is -0.464 e. The molecule has 2 aromatic carbocycles. The summed E-state index contributed by atoms with van der Waals surface area (Å²) in [7, 11) is 0. The second kappa shape index (κ2) is 10.3. The van der Waals surface area contributed by atoms with Gasteiger partial charge < -0.3 is 9.73 Å². The van der Waals surface area contributed by atoms with Gasteiger partial charge in [0.15, 0.2) is 6.04 Å². The number of furan rings is 1. The molecule has 0 spiro atoms. The number of rotatable bonds is 7. The van der Waals surface area contributed by atoms with Crippen LogP contribution < -0.4 is 10.2 Å². The van der Waals surface area contributed by atoms with E-state index in [0.717, 1.165) is 15.8 Å². The Morgan fingerprint density at radius 1 is 1.05 bits per heavy atom. The minimum atomic E-state index is -1.25. The van der Waals surface area contributed by atoms with Crippen molar-refractivity contribution >= 4 is 17.5 Å². The molecule has 0 saturated carbocycles. The summed E-state index contributed by atoms with van der Waals surface area (Å²) in [4.78, 5) is 29.4. The molecular formula is C26H26F2N6O3. The van der Waals surface area contributed by atoms with Crippen molar-refractivity contribution in [2.45, 2.75) is 45.8 Å². The van der Waals surface area contributed by atoms with Gasteiger partial charge in [0.05, 0.1) is 0 Å². The number of carbonyl (C=O) groups excluding carboxylic acids is 2. The van der Waals surface area contributed by atoms with E-state index in [-0.39, 0.29) is 17.3 Å². The first-order chi connectivity index (χ1) is 17.5. The van der Waals surface area contributed by atoms with Crippen molar-refractivity contribution in [1.82, 2.24) is 25.5 Å². The number of nitrogens with zero attached hydrogens (tertiary/aromatic N) is 5. The molecule has 2 amide bonds. The fourth-order valence-electron chi connectivity index (χ4n) is 3.70. The van der Waals surface area contributed by atoms with Crippen molar-refractivity contribution < 1.29 is 22.8 Å². The third-order valence-electron chi connectivity index (χ3n) is 5.22. The van der Waals surface area contributed by atoms with E-state index in [1.165, 1.54) is 42.5 Å². The molecule has 0 saturated heterocycles. The quantitative estimate of drug-likeness (QED) is 0.401. The number of benzene rings is 2. The van der Waals surface area contributed by atoms with Gasteiger partial charge in [0.2, 0.25) is 5.82 Å². The van der Waals surface area contributed by atoms with Gasteiger partial charge in [-0.2, -0.15) is 4.80 Å².